The van der Waals surface area contributed by atoms with Crippen molar-refractivity contribution < 1.29 is 13.2 Å². The summed E-state index contributed by atoms with van der Waals surface area (Å²) < 4.78 is 25.4. The summed E-state index contributed by atoms with van der Waals surface area (Å²) in [5, 5.41) is 2.71. The first kappa shape index (κ1) is 15.7. The van der Waals surface area contributed by atoms with Gasteiger partial charge in [-0.25, -0.2) is 13.4 Å². The van der Waals surface area contributed by atoms with Crippen molar-refractivity contribution >= 4 is 15.7 Å². The minimum Gasteiger partial charge on any atom is -0.344 e. The van der Waals surface area contributed by atoms with Gasteiger partial charge in [0.15, 0.2) is 15.7 Å². The molecule has 0 radical (unpaired) electrons. The number of nitrogens with one attached hydrogen (secondary N) is 1. The molecule has 8 heteroatoms. The van der Waals surface area contributed by atoms with Crippen LogP contribution in [0.5, 0.6) is 0 Å². The van der Waals surface area contributed by atoms with Crippen molar-refractivity contribution in [1.82, 2.24) is 19.9 Å². The zero-order valence-corrected chi connectivity index (χ0v) is 13.6. The number of rotatable bonds is 4. The molecule has 0 atom stereocenters. The van der Waals surface area contributed by atoms with Crippen molar-refractivity contribution in [1.29, 1.82) is 0 Å². The fourth-order valence-electron chi connectivity index (χ4n) is 2.75. The lowest BCUT2D eigenvalue weighted by Crippen LogP contribution is -2.28. The number of fused-ring (bicyclic) bond motifs is 1. The quantitative estimate of drug-likeness (QED) is 0.898. The number of amides is 1. The smallest absolute Gasteiger partial charge is 0.287 e. The van der Waals surface area contributed by atoms with Crippen LogP contribution < -0.4 is 5.32 Å². The van der Waals surface area contributed by atoms with Crippen molar-refractivity contribution in [3.63, 3.8) is 0 Å². The predicted molar refractivity (Wildman–Crippen MR) is 83.7 cm³/mol. The number of carbonyl (C=O) groups excluding carboxylic acids is 1. The van der Waals surface area contributed by atoms with E-state index in [9.17, 15) is 13.2 Å². The van der Waals surface area contributed by atoms with Crippen LogP contribution in [0, 0.1) is 0 Å². The molecule has 1 N–H and O–H groups in total. The summed E-state index contributed by atoms with van der Waals surface area (Å²) >= 11 is 0. The molecule has 0 fully saturated rings. The Morgan fingerprint density at radius 1 is 1.35 bits per heavy atom. The van der Waals surface area contributed by atoms with E-state index in [1.54, 1.807) is 12.3 Å². The summed E-state index contributed by atoms with van der Waals surface area (Å²) in [6.45, 7) is 0.834. The second-order valence-electron chi connectivity index (χ2n) is 5.58. The Kier molecular flexibility index (Phi) is 4.16. The highest BCUT2D eigenvalue weighted by Gasteiger charge is 2.20. The maximum atomic E-state index is 12.3. The van der Waals surface area contributed by atoms with Crippen LogP contribution in [0.3, 0.4) is 0 Å². The molecule has 0 aliphatic carbocycles. The molecule has 3 heterocycles. The van der Waals surface area contributed by atoms with Crippen LogP contribution in [-0.4, -0.2) is 35.1 Å². The highest BCUT2D eigenvalue weighted by atomic mass is 32.2. The van der Waals surface area contributed by atoms with Gasteiger partial charge in [-0.15, -0.1) is 0 Å². The van der Waals surface area contributed by atoms with E-state index in [0.717, 1.165) is 37.8 Å². The monoisotopic (exact) mass is 334 g/mol. The second kappa shape index (κ2) is 6.11. The van der Waals surface area contributed by atoms with Gasteiger partial charge in [0.25, 0.3) is 5.91 Å². The van der Waals surface area contributed by atoms with E-state index in [1.165, 1.54) is 12.3 Å². The molecule has 2 aromatic rings. The second-order valence-corrected chi connectivity index (χ2v) is 7.57. The molecule has 0 saturated heterocycles. The Balaban J connectivity index is 1.77. The molecular weight excluding hydrogens is 316 g/mol. The van der Waals surface area contributed by atoms with Crippen LogP contribution in [-0.2, 0) is 29.3 Å². The number of pyridine rings is 1. The minimum absolute atomic E-state index is 0.0459. The van der Waals surface area contributed by atoms with Gasteiger partial charge in [-0.2, -0.15) is 0 Å². The molecule has 23 heavy (non-hydrogen) atoms. The summed E-state index contributed by atoms with van der Waals surface area (Å²) in [7, 11) is -3.38. The number of hydrogen-bond donors (Lipinski definition) is 1. The highest BCUT2D eigenvalue weighted by Crippen LogP contribution is 2.17. The van der Waals surface area contributed by atoms with E-state index in [1.807, 2.05) is 4.57 Å². The third-order valence-electron chi connectivity index (χ3n) is 3.87. The van der Waals surface area contributed by atoms with Crippen molar-refractivity contribution in [2.75, 3.05) is 6.26 Å². The van der Waals surface area contributed by atoms with Crippen molar-refractivity contribution in [3.05, 3.63) is 41.7 Å². The lowest BCUT2D eigenvalue weighted by atomic mass is 10.1. The first-order chi connectivity index (χ1) is 11.0. The number of imidazole rings is 1. The molecule has 0 unspecified atom stereocenters. The van der Waals surface area contributed by atoms with Gasteiger partial charge >= 0.3 is 0 Å². The van der Waals surface area contributed by atoms with E-state index in [-0.39, 0.29) is 17.3 Å². The summed E-state index contributed by atoms with van der Waals surface area (Å²) in [5.41, 5.74) is 1.39. The van der Waals surface area contributed by atoms with Gasteiger partial charge in [-0.3, -0.25) is 9.78 Å². The van der Waals surface area contributed by atoms with E-state index >= 15 is 0 Å². The largest absolute Gasteiger partial charge is 0.344 e. The molecule has 2 aromatic heterocycles. The SMILES string of the molecule is CS(=O)(=O)c1cccnc1CNC(=O)c1ncc2n1CCCC2. The molecule has 3 rings (SSSR count). The van der Waals surface area contributed by atoms with Crippen LogP contribution in [0.4, 0.5) is 0 Å². The van der Waals surface area contributed by atoms with E-state index in [0.29, 0.717) is 11.5 Å². The van der Waals surface area contributed by atoms with Gasteiger partial charge in [0.2, 0.25) is 0 Å². The van der Waals surface area contributed by atoms with E-state index in [2.05, 4.69) is 15.3 Å². The van der Waals surface area contributed by atoms with Gasteiger partial charge in [0, 0.05) is 30.9 Å². The Morgan fingerprint density at radius 3 is 2.96 bits per heavy atom. The molecule has 0 saturated carbocycles. The first-order valence-electron chi connectivity index (χ1n) is 7.43. The predicted octanol–water partition coefficient (Wildman–Crippen LogP) is 0.948. The Labute approximate surface area is 134 Å². The topological polar surface area (TPSA) is 93.9 Å². The highest BCUT2D eigenvalue weighted by molar-refractivity contribution is 7.90. The number of carbonyl (C=O) groups is 1. The number of aromatic nitrogens is 3. The maximum absolute atomic E-state index is 12.3. The van der Waals surface area contributed by atoms with Crippen LogP contribution in [0.2, 0.25) is 0 Å². The molecular formula is C15H18N4O3S. The molecule has 0 spiro atoms. The molecule has 0 aromatic carbocycles. The normalized spacial score (nSPS) is 14.3. The zero-order valence-electron chi connectivity index (χ0n) is 12.8. The fourth-order valence-corrected chi connectivity index (χ4v) is 3.63. The van der Waals surface area contributed by atoms with Crippen LogP contribution in [0.15, 0.2) is 29.4 Å². The van der Waals surface area contributed by atoms with Gasteiger partial charge in [0.05, 0.1) is 17.1 Å². The standard InChI is InChI=1S/C15H18N4O3S/c1-23(21,22)13-6-4-7-16-12(13)10-18-15(20)14-17-9-11-5-2-3-8-19(11)14/h4,6-7,9H,2-3,5,8,10H2,1H3,(H,18,20). The minimum atomic E-state index is -3.38. The van der Waals surface area contributed by atoms with E-state index < -0.39 is 9.84 Å². The Bertz CT molecular complexity index is 842. The number of sulfone groups is 1. The Hall–Kier alpha value is -2.22. The zero-order chi connectivity index (χ0) is 16.4. The molecule has 122 valence electrons. The third kappa shape index (κ3) is 3.26. The van der Waals surface area contributed by atoms with Gasteiger partial charge in [-0.1, -0.05) is 0 Å². The Morgan fingerprint density at radius 2 is 2.17 bits per heavy atom. The first-order valence-corrected chi connectivity index (χ1v) is 9.32. The maximum Gasteiger partial charge on any atom is 0.287 e. The molecule has 1 amide bonds. The van der Waals surface area contributed by atoms with Crippen molar-refractivity contribution in [2.45, 2.75) is 37.2 Å². The lowest BCUT2D eigenvalue weighted by molar-refractivity contribution is 0.0934. The summed E-state index contributed by atoms with van der Waals surface area (Å²) in [6.07, 6.45) is 7.43. The summed E-state index contributed by atoms with van der Waals surface area (Å²) in [6, 6.07) is 3.05. The summed E-state index contributed by atoms with van der Waals surface area (Å²) in [4.78, 5) is 20.7. The van der Waals surface area contributed by atoms with Gasteiger partial charge in [0.1, 0.15) is 0 Å². The molecule has 7 nitrogen and oxygen atoms in total. The molecule has 1 aliphatic rings. The third-order valence-corrected chi connectivity index (χ3v) is 5.04. The van der Waals surface area contributed by atoms with Crippen molar-refractivity contribution in [3.8, 4) is 0 Å². The molecule has 0 bridgehead atoms. The van der Waals surface area contributed by atoms with Crippen LogP contribution in [0.25, 0.3) is 0 Å². The number of aryl methyl sites for hydroxylation is 1. The average Bonchev–Trinajstić information content (AvgIpc) is 2.96. The van der Waals surface area contributed by atoms with E-state index in [4.69, 9.17) is 0 Å². The lowest BCUT2D eigenvalue weighted by Gasteiger charge is -2.16. The summed E-state index contributed by atoms with van der Waals surface area (Å²) in [5.74, 6) is 0.0554. The fraction of sp³-hybridized carbons (Fsp3) is 0.400. The van der Waals surface area contributed by atoms with Gasteiger partial charge in [-0.05, 0) is 31.4 Å². The van der Waals surface area contributed by atoms with Crippen molar-refractivity contribution in [2.24, 2.45) is 0 Å². The number of hydrogen-bond acceptors (Lipinski definition) is 5. The van der Waals surface area contributed by atoms with Crippen LogP contribution in [0.1, 0.15) is 34.8 Å². The molecule has 1 aliphatic heterocycles. The number of nitrogens with zero attached hydrogens (tertiary/aromatic N) is 3. The average molecular weight is 334 g/mol. The van der Waals surface area contributed by atoms with Crippen LogP contribution >= 0.6 is 0 Å². The van der Waals surface area contributed by atoms with Gasteiger partial charge < -0.3 is 9.88 Å².